The zero-order valence-electron chi connectivity index (χ0n) is 10.1. The van der Waals surface area contributed by atoms with Crippen LogP contribution in [0.15, 0.2) is 0 Å². The van der Waals surface area contributed by atoms with Crippen LogP contribution in [0.4, 0.5) is 17.6 Å². The highest BCUT2D eigenvalue weighted by atomic mass is 28.3. The van der Waals surface area contributed by atoms with E-state index in [0.717, 1.165) is 0 Å². The maximum absolute atomic E-state index is 13.8. The molecule has 0 saturated carbocycles. The monoisotopic (exact) mass is 270 g/mol. The molecule has 18 heavy (non-hydrogen) atoms. The van der Waals surface area contributed by atoms with Gasteiger partial charge in [-0.05, 0) is 6.92 Å². The van der Waals surface area contributed by atoms with Crippen LogP contribution < -0.4 is 0 Å². The van der Waals surface area contributed by atoms with Gasteiger partial charge in [0.2, 0.25) is 0 Å². The van der Waals surface area contributed by atoms with Gasteiger partial charge in [-0.2, -0.15) is 0 Å². The van der Waals surface area contributed by atoms with Crippen molar-refractivity contribution in [2.45, 2.75) is 20.0 Å². The van der Waals surface area contributed by atoms with Gasteiger partial charge in [0.15, 0.2) is 23.3 Å². The molecule has 0 aliphatic rings. The summed E-state index contributed by atoms with van der Waals surface area (Å²) in [5.74, 6) is 0.342. The summed E-state index contributed by atoms with van der Waals surface area (Å²) in [4.78, 5) is 0. The Morgan fingerprint density at radius 3 is 1.72 bits per heavy atom. The lowest BCUT2D eigenvalue weighted by Crippen LogP contribution is -2.05. The second-order valence-corrected chi connectivity index (χ2v) is 6.40. The summed E-state index contributed by atoms with van der Waals surface area (Å²) in [6.45, 7) is 5.03. The molecule has 1 aromatic carbocycles. The van der Waals surface area contributed by atoms with Crippen LogP contribution in [-0.2, 0) is 0 Å². The number of benzene rings is 1. The Hall–Kier alpha value is -1.72. The van der Waals surface area contributed by atoms with Gasteiger partial charge < -0.3 is 0 Å². The first-order valence-corrected chi connectivity index (χ1v) is 8.09. The molecule has 94 valence electrons. The van der Waals surface area contributed by atoms with Crippen molar-refractivity contribution in [3.05, 3.63) is 34.4 Å². The van der Waals surface area contributed by atoms with E-state index in [4.69, 9.17) is 0 Å². The average molecular weight is 270 g/mol. The lowest BCUT2D eigenvalue weighted by Gasteiger charge is -2.04. The highest BCUT2D eigenvalue weighted by molar-refractivity contribution is 6.64. The maximum atomic E-state index is 13.8. The molecule has 0 nitrogen and oxygen atoms in total. The van der Waals surface area contributed by atoms with Gasteiger partial charge >= 0.3 is 0 Å². The standard InChI is InChI=1S/C13H10F4Si/c1-4-5-8-10(14)9(6-7-18(2)3)12(16)13(17)11(8)15/h18H,1-3H3. The summed E-state index contributed by atoms with van der Waals surface area (Å²) in [7, 11) is -1.39. The predicted molar refractivity (Wildman–Crippen MR) is 64.6 cm³/mol. The van der Waals surface area contributed by atoms with E-state index in [-0.39, 0.29) is 0 Å². The number of rotatable bonds is 0. The Morgan fingerprint density at radius 1 is 0.778 bits per heavy atom. The Balaban J connectivity index is 3.62. The summed E-state index contributed by atoms with van der Waals surface area (Å²) in [5, 5.41) is 0. The lowest BCUT2D eigenvalue weighted by molar-refractivity contribution is 0.430. The van der Waals surface area contributed by atoms with Crippen LogP contribution in [-0.4, -0.2) is 8.80 Å². The molecule has 0 aromatic heterocycles. The second kappa shape index (κ2) is 5.75. The Morgan fingerprint density at radius 2 is 1.28 bits per heavy atom. The average Bonchev–Trinajstić information content (AvgIpc) is 2.31. The van der Waals surface area contributed by atoms with Crippen molar-refractivity contribution in [3.63, 3.8) is 0 Å². The molecule has 1 aromatic rings. The van der Waals surface area contributed by atoms with Gasteiger partial charge in [0.1, 0.15) is 14.4 Å². The fraction of sp³-hybridized carbons (Fsp3) is 0.231. The van der Waals surface area contributed by atoms with Crippen molar-refractivity contribution < 1.29 is 17.6 Å². The normalized spacial score (nSPS) is 9.56. The van der Waals surface area contributed by atoms with Crippen LogP contribution in [0.5, 0.6) is 0 Å². The minimum Gasteiger partial charge on any atom is -0.204 e. The van der Waals surface area contributed by atoms with Gasteiger partial charge in [-0.25, -0.2) is 17.6 Å². The molecule has 1 rings (SSSR count). The van der Waals surface area contributed by atoms with E-state index >= 15 is 0 Å². The first kappa shape index (κ1) is 14.3. The fourth-order valence-electron chi connectivity index (χ4n) is 1.19. The van der Waals surface area contributed by atoms with Crippen molar-refractivity contribution in [1.82, 2.24) is 0 Å². The molecule has 0 heterocycles. The molecule has 0 bridgehead atoms. The van der Waals surface area contributed by atoms with Crippen molar-refractivity contribution in [1.29, 1.82) is 0 Å². The van der Waals surface area contributed by atoms with E-state index in [1.165, 1.54) is 6.92 Å². The van der Waals surface area contributed by atoms with Gasteiger partial charge in [0.05, 0.1) is 5.56 Å². The molecule has 0 saturated heterocycles. The first-order valence-electron chi connectivity index (χ1n) is 5.20. The summed E-state index contributed by atoms with van der Waals surface area (Å²) in [6, 6.07) is 0. The lowest BCUT2D eigenvalue weighted by atomic mass is 10.1. The minimum atomic E-state index is -1.75. The molecule has 0 N–H and O–H groups in total. The van der Waals surface area contributed by atoms with E-state index in [1.807, 2.05) is 13.1 Å². The maximum Gasteiger partial charge on any atom is 0.197 e. The topological polar surface area (TPSA) is 0 Å². The molecular formula is C13H10F4Si. The molecule has 0 aliphatic carbocycles. The van der Waals surface area contributed by atoms with E-state index in [9.17, 15) is 17.6 Å². The Kier molecular flexibility index (Phi) is 4.58. The fourth-order valence-corrected chi connectivity index (χ4v) is 1.63. The molecule has 0 amide bonds. The smallest absolute Gasteiger partial charge is 0.197 e. The molecule has 0 unspecified atom stereocenters. The second-order valence-electron chi connectivity index (χ2n) is 3.80. The summed E-state index contributed by atoms with van der Waals surface area (Å²) >= 11 is 0. The quantitative estimate of drug-likeness (QED) is 0.223. The van der Waals surface area contributed by atoms with Crippen molar-refractivity contribution >= 4 is 8.80 Å². The predicted octanol–water partition coefficient (Wildman–Crippen LogP) is 2.99. The Bertz CT molecular complexity index is 598. The van der Waals surface area contributed by atoms with Crippen molar-refractivity contribution in [3.8, 4) is 23.3 Å². The summed E-state index contributed by atoms with van der Waals surface area (Å²) in [5.41, 5.74) is 1.09. The van der Waals surface area contributed by atoms with Gasteiger partial charge in [-0.15, -0.1) is 11.5 Å². The third-order valence-corrected chi connectivity index (χ3v) is 2.72. The molecule has 5 heteroatoms. The number of hydrogen-bond acceptors (Lipinski definition) is 0. The summed E-state index contributed by atoms with van der Waals surface area (Å²) in [6.07, 6.45) is 0. The molecule has 0 spiro atoms. The highest BCUT2D eigenvalue weighted by Gasteiger charge is 2.23. The molecule has 0 fully saturated rings. The van der Waals surface area contributed by atoms with Crippen LogP contribution in [0, 0.1) is 46.6 Å². The van der Waals surface area contributed by atoms with Gasteiger partial charge in [0.25, 0.3) is 0 Å². The van der Waals surface area contributed by atoms with E-state index in [1.54, 1.807) is 0 Å². The van der Waals surface area contributed by atoms with Crippen molar-refractivity contribution in [2.24, 2.45) is 0 Å². The van der Waals surface area contributed by atoms with E-state index < -0.39 is 43.2 Å². The zero-order chi connectivity index (χ0) is 13.9. The number of halogens is 4. The minimum absolute atomic E-state index is 0.757. The third kappa shape index (κ3) is 2.75. The molecule has 0 atom stereocenters. The number of hydrogen-bond donors (Lipinski definition) is 0. The molecule has 0 radical (unpaired) electrons. The molecule has 0 aliphatic heterocycles. The Labute approximate surface area is 105 Å². The van der Waals surface area contributed by atoms with Crippen LogP contribution in [0.1, 0.15) is 18.1 Å². The van der Waals surface area contributed by atoms with E-state index in [2.05, 4.69) is 23.3 Å². The first-order chi connectivity index (χ1) is 8.40. The van der Waals surface area contributed by atoms with E-state index in [0.29, 0.717) is 0 Å². The van der Waals surface area contributed by atoms with Crippen LogP contribution in [0.2, 0.25) is 13.1 Å². The van der Waals surface area contributed by atoms with Crippen LogP contribution >= 0.6 is 0 Å². The van der Waals surface area contributed by atoms with Gasteiger partial charge in [-0.1, -0.05) is 24.9 Å². The largest absolute Gasteiger partial charge is 0.204 e. The van der Waals surface area contributed by atoms with Crippen LogP contribution in [0.25, 0.3) is 0 Å². The van der Waals surface area contributed by atoms with Gasteiger partial charge in [-0.3, -0.25) is 0 Å². The highest BCUT2D eigenvalue weighted by Crippen LogP contribution is 2.23. The van der Waals surface area contributed by atoms with Gasteiger partial charge in [0, 0.05) is 0 Å². The van der Waals surface area contributed by atoms with Crippen LogP contribution in [0.3, 0.4) is 0 Å². The van der Waals surface area contributed by atoms with Crippen molar-refractivity contribution in [2.75, 3.05) is 0 Å². The summed E-state index contributed by atoms with van der Waals surface area (Å²) < 4.78 is 53.7. The molecular weight excluding hydrogens is 260 g/mol. The SMILES string of the molecule is CC#Cc1c(F)c(F)c(F)c(C#C[SiH](C)C)c1F. The third-order valence-electron chi connectivity index (χ3n) is 2.00. The zero-order valence-corrected chi connectivity index (χ0v) is 11.2.